The van der Waals surface area contributed by atoms with Crippen molar-refractivity contribution in [1.82, 2.24) is 24.7 Å². The molecular formula is C28H38ClF3N5O2-. The Morgan fingerprint density at radius 3 is 2.18 bits per heavy atom. The number of nitrogens with zero attached hydrogens (tertiary/aromatic N) is 5. The van der Waals surface area contributed by atoms with Crippen LogP contribution in [0.5, 0.6) is 0 Å². The molecule has 0 aliphatic carbocycles. The largest absolute Gasteiger partial charge is 1.00 e. The molecule has 0 N–H and O–H groups in total. The average molecular weight is 569 g/mol. The van der Waals surface area contributed by atoms with E-state index in [2.05, 4.69) is 33.6 Å². The minimum Gasteiger partial charge on any atom is -1.00 e. The second kappa shape index (κ2) is 12.5. The molecule has 2 saturated heterocycles. The third-order valence-electron chi connectivity index (χ3n) is 8.36. The molecule has 0 spiro atoms. The predicted molar refractivity (Wildman–Crippen MR) is 139 cm³/mol. The number of hydrogen-bond acceptors (Lipinski definition) is 6. The predicted octanol–water partition coefficient (Wildman–Crippen LogP) is 1.50. The highest BCUT2D eigenvalue weighted by molar-refractivity contribution is 5.96. The minimum absolute atomic E-state index is 0. The highest BCUT2D eigenvalue weighted by Crippen LogP contribution is 2.35. The Morgan fingerprint density at radius 1 is 1.08 bits per heavy atom. The Balaban J connectivity index is 0.00000420. The van der Waals surface area contributed by atoms with Crippen LogP contribution < -0.4 is 12.4 Å². The van der Waals surface area contributed by atoms with E-state index in [0.29, 0.717) is 36.6 Å². The van der Waals surface area contributed by atoms with Gasteiger partial charge in [-0.05, 0) is 58.2 Å². The van der Waals surface area contributed by atoms with Crippen molar-refractivity contribution in [2.24, 2.45) is 0 Å². The highest BCUT2D eigenvalue weighted by atomic mass is 35.5. The van der Waals surface area contributed by atoms with Crippen LogP contribution in [0.15, 0.2) is 30.6 Å². The number of ether oxygens (including phenoxy) is 1. The summed E-state index contributed by atoms with van der Waals surface area (Å²) < 4.78 is 44.7. The zero-order chi connectivity index (χ0) is 27.7. The van der Waals surface area contributed by atoms with Crippen LogP contribution in [0, 0.1) is 13.8 Å². The number of rotatable bonds is 6. The van der Waals surface area contributed by atoms with E-state index in [1.807, 2.05) is 18.7 Å². The lowest BCUT2D eigenvalue weighted by Crippen LogP contribution is -3.00. The lowest BCUT2D eigenvalue weighted by Gasteiger charge is -2.52. The zero-order valence-corrected chi connectivity index (χ0v) is 24.0. The smallest absolute Gasteiger partial charge is 0.416 e. The van der Waals surface area contributed by atoms with Crippen LogP contribution in [0.25, 0.3) is 0 Å². The zero-order valence-electron chi connectivity index (χ0n) is 23.3. The van der Waals surface area contributed by atoms with E-state index in [-0.39, 0.29) is 35.9 Å². The van der Waals surface area contributed by atoms with Crippen molar-refractivity contribution in [3.8, 4) is 0 Å². The van der Waals surface area contributed by atoms with E-state index in [1.165, 1.54) is 6.33 Å². The number of hydrogen-bond donors (Lipinski definition) is 0. The molecule has 2 aliphatic rings. The van der Waals surface area contributed by atoms with Crippen molar-refractivity contribution < 1.29 is 35.1 Å². The first-order valence-electron chi connectivity index (χ1n) is 13.2. The number of carbonyl (C=O) groups excluding carboxylic acids is 1. The van der Waals surface area contributed by atoms with E-state index in [9.17, 15) is 18.0 Å². The molecule has 11 heteroatoms. The van der Waals surface area contributed by atoms with Crippen molar-refractivity contribution in [1.29, 1.82) is 0 Å². The fourth-order valence-corrected chi connectivity index (χ4v) is 5.93. The first kappa shape index (κ1) is 31.3. The molecule has 0 bridgehead atoms. The second-order valence-corrected chi connectivity index (χ2v) is 10.8. The summed E-state index contributed by atoms with van der Waals surface area (Å²) in [6.45, 7) is 12.4. The van der Waals surface area contributed by atoms with Gasteiger partial charge in [0, 0.05) is 51.4 Å². The summed E-state index contributed by atoms with van der Waals surface area (Å²) in [5.74, 6) is -0.000198. The maximum absolute atomic E-state index is 13.2. The van der Waals surface area contributed by atoms with Gasteiger partial charge in [0.25, 0.3) is 5.91 Å². The van der Waals surface area contributed by atoms with Crippen LogP contribution in [-0.2, 0) is 10.9 Å². The monoisotopic (exact) mass is 568 g/mol. The van der Waals surface area contributed by atoms with Gasteiger partial charge in [-0.1, -0.05) is 12.1 Å². The van der Waals surface area contributed by atoms with Crippen LogP contribution in [0.3, 0.4) is 0 Å². The SMILES string of the molecule is COC[C@@H](c1ccc(C(F)(F)F)cc1)N1CCN(C2(C)CCN(C(=O)c3c(C)ncnc3C)CC2)C[C@@H]1C.[Cl-]. The summed E-state index contributed by atoms with van der Waals surface area (Å²) in [5, 5.41) is 0. The minimum atomic E-state index is -4.35. The van der Waals surface area contributed by atoms with Crippen LogP contribution >= 0.6 is 0 Å². The lowest BCUT2D eigenvalue weighted by atomic mass is 9.86. The fraction of sp³-hybridized carbons (Fsp3) is 0.607. The number of piperazine rings is 1. The molecule has 0 unspecified atom stereocenters. The molecule has 4 rings (SSSR count). The molecule has 1 aromatic heterocycles. The van der Waals surface area contributed by atoms with Gasteiger partial charge in [-0.15, -0.1) is 0 Å². The number of aryl methyl sites for hydroxylation is 2. The molecule has 0 saturated carbocycles. The van der Waals surface area contributed by atoms with Gasteiger partial charge in [0.1, 0.15) is 6.33 Å². The summed E-state index contributed by atoms with van der Waals surface area (Å²) in [5.41, 5.74) is 2.18. The molecule has 1 aromatic carbocycles. The van der Waals surface area contributed by atoms with Crippen molar-refractivity contribution >= 4 is 5.91 Å². The highest BCUT2D eigenvalue weighted by Gasteiger charge is 2.41. The lowest BCUT2D eigenvalue weighted by molar-refractivity contribution is -0.137. The molecule has 7 nitrogen and oxygen atoms in total. The van der Waals surface area contributed by atoms with Gasteiger partial charge in [0.15, 0.2) is 0 Å². The third kappa shape index (κ3) is 6.73. The number of carbonyl (C=O) groups is 1. The quantitative estimate of drug-likeness (QED) is 0.527. The van der Waals surface area contributed by atoms with E-state index in [4.69, 9.17) is 4.74 Å². The Labute approximate surface area is 235 Å². The van der Waals surface area contributed by atoms with Crippen LogP contribution in [-0.4, -0.2) is 88.6 Å². The summed E-state index contributed by atoms with van der Waals surface area (Å²) in [7, 11) is 1.62. The van der Waals surface area contributed by atoms with Gasteiger partial charge in [-0.2, -0.15) is 13.2 Å². The Morgan fingerprint density at radius 2 is 1.67 bits per heavy atom. The fourth-order valence-electron chi connectivity index (χ4n) is 5.93. The van der Waals surface area contributed by atoms with Crippen LogP contribution in [0.2, 0.25) is 0 Å². The number of likely N-dealkylation sites (tertiary alicyclic amines) is 1. The van der Waals surface area contributed by atoms with Crippen LogP contribution in [0.4, 0.5) is 13.2 Å². The second-order valence-electron chi connectivity index (χ2n) is 10.8. The topological polar surface area (TPSA) is 61.8 Å². The number of methoxy groups -OCH3 is 1. The number of alkyl halides is 3. The maximum Gasteiger partial charge on any atom is 0.416 e. The van der Waals surface area contributed by atoms with Gasteiger partial charge in [-0.25, -0.2) is 9.97 Å². The van der Waals surface area contributed by atoms with E-state index in [0.717, 1.165) is 50.2 Å². The molecular weight excluding hydrogens is 531 g/mol. The molecule has 2 atom stereocenters. The van der Waals surface area contributed by atoms with E-state index >= 15 is 0 Å². The molecule has 1 amide bonds. The van der Waals surface area contributed by atoms with Gasteiger partial charge in [-0.3, -0.25) is 14.6 Å². The summed E-state index contributed by atoms with van der Waals surface area (Å²) in [6, 6.07) is 5.52. The Bertz CT molecular complexity index is 1100. The Kier molecular flexibility index (Phi) is 10.0. The number of piperidine rings is 1. The van der Waals surface area contributed by atoms with E-state index in [1.54, 1.807) is 19.2 Å². The standard InChI is InChI=1S/C28H38F3N5O2.ClH/c1-19-16-35(14-15-36(19)24(17-38-5)22-6-8-23(9-7-22)28(29,30)31)27(4)10-12-34(13-11-27)26(37)25-20(2)32-18-33-21(25)3;/h6-9,18-19,24H,10-17H2,1-5H3;1H/p-1/t19-,24-;/m0./s1. The molecule has 2 aromatic rings. The molecule has 0 radical (unpaired) electrons. The number of benzene rings is 1. The first-order valence-corrected chi connectivity index (χ1v) is 13.2. The maximum atomic E-state index is 13.2. The summed E-state index contributed by atoms with van der Waals surface area (Å²) in [6.07, 6.45) is -1.12. The summed E-state index contributed by atoms with van der Waals surface area (Å²) in [4.78, 5) is 28.4. The third-order valence-corrected chi connectivity index (χ3v) is 8.36. The van der Waals surface area contributed by atoms with Crippen molar-refractivity contribution in [2.45, 2.75) is 64.3 Å². The molecule has 2 aliphatic heterocycles. The van der Waals surface area contributed by atoms with Crippen molar-refractivity contribution in [2.75, 3.05) is 46.4 Å². The van der Waals surface area contributed by atoms with Crippen molar-refractivity contribution in [3.63, 3.8) is 0 Å². The molecule has 2 fully saturated rings. The van der Waals surface area contributed by atoms with Gasteiger partial charge < -0.3 is 22.0 Å². The average Bonchev–Trinajstić information content (AvgIpc) is 2.87. The first-order chi connectivity index (χ1) is 17.9. The molecule has 216 valence electrons. The van der Waals surface area contributed by atoms with E-state index < -0.39 is 11.7 Å². The van der Waals surface area contributed by atoms with Crippen molar-refractivity contribution in [3.05, 3.63) is 58.7 Å². The number of amides is 1. The van der Waals surface area contributed by atoms with Crippen LogP contribution in [0.1, 0.15) is 65.6 Å². The number of halogens is 4. The normalized spacial score (nSPS) is 21.3. The number of aromatic nitrogens is 2. The van der Waals surface area contributed by atoms with Gasteiger partial charge in [0.2, 0.25) is 0 Å². The molecule has 3 heterocycles. The summed E-state index contributed by atoms with van der Waals surface area (Å²) >= 11 is 0. The molecule has 39 heavy (non-hydrogen) atoms. The Hall–Kier alpha value is -2.27. The van der Waals surface area contributed by atoms with Gasteiger partial charge in [0.05, 0.1) is 35.2 Å². The van der Waals surface area contributed by atoms with Gasteiger partial charge >= 0.3 is 6.18 Å².